The number of hydrogen-bond acceptors (Lipinski definition) is 2. The van der Waals surface area contributed by atoms with Crippen LogP contribution >= 0.6 is 0 Å². The molecule has 3 heteroatoms. The Labute approximate surface area is 93.4 Å². The van der Waals surface area contributed by atoms with Crippen LogP contribution in [0.1, 0.15) is 12.6 Å². The Kier molecular flexibility index (Phi) is 2.77. The van der Waals surface area contributed by atoms with Crippen molar-refractivity contribution in [1.82, 2.24) is 4.98 Å². The molecule has 0 aliphatic carbocycles. The van der Waals surface area contributed by atoms with Crippen LogP contribution in [-0.2, 0) is 6.42 Å². The number of nitrogens with one attached hydrogen (secondary N) is 1. The van der Waals surface area contributed by atoms with Crippen LogP contribution in [0.3, 0.4) is 0 Å². The van der Waals surface area contributed by atoms with Crippen molar-refractivity contribution in [2.24, 2.45) is 0 Å². The summed E-state index contributed by atoms with van der Waals surface area (Å²) < 4.78 is 0. The first-order chi connectivity index (χ1) is 7.72. The van der Waals surface area contributed by atoms with Gasteiger partial charge >= 0.3 is 0 Å². The standard InChI is InChI=1S/C13H13NO2/c1-2-10-13(9-6-4-3-5-7-9)11(15)8-12(16)14-10/h3-8H,2H2,1H3,(H2,14,15,16). The topological polar surface area (TPSA) is 53.1 Å². The summed E-state index contributed by atoms with van der Waals surface area (Å²) in [4.78, 5) is 14.0. The molecular formula is C13H13NO2. The Bertz CT molecular complexity index is 544. The summed E-state index contributed by atoms with van der Waals surface area (Å²) in [6.45, 7) is 1.94. The lowest BCUT2D eigenvalue weighted by Gasteiger charge is -2.09. The van der Waals surface area contributed by atoms with Crippen molar-refractivity contribution in [2.45, 2.75) is 13.3 Å². The zero-order chi connectivity index (χ0) is 11.5. The smallest absolute Gasteiger partial charge is 0.251 e. The van der Waals surface area contributed by atoms with Crippen LogP contribution in [0.2, 0.25) is 0 Å². The molecule has 0 aliphatic rings. The zero-order valence-electron chi connectivity index (χ0n) is 9.03. The van der Waals surface area contributed by atoms with Crippen molar-refractivity contribution in [3.63, 3.8) is 0 Å². The third-order valence-corrected chi connectivity index (χ3v) is 2.52. The molecule has 0 aliphatic heterocycles. The van der Waals surface area contributed by atoms with Crippen LogP contribution < -0.4 is 5.56 Å². The molecular weight excluding hydrogens is 202 g/mol. The number of rotatable bonds is 2. The predicted molar refractivity (Wildman–Crippen MR) is 63.5 cm³/mol. The molecule has 0 saturated heterocycles. The Morgan fingerprint density at radius 2 is 1.94 bits per heavy atom. The number of aryl methyl sites for hydroxylation is 1. The highest BCUT2D eigenvalue weighted by atomic mass is 16.3. The lowest BCUT2D eigenvalue weighted by molar-refractivity contribution is 0.475. The van der Waals surface area contributed by atoms with Crippen LogP contribution in [0.15, 0.2) is 41.2 Å². The molecule has 0 atom stereocenters. The Morgan fingerprint density at radius 3 is 2.56 bits per heavy atom. The maximum Gasteiger partial charge on any atom is 0.251 e. The molecule has 3 nitrogen and oxygen atoms in total. The van der Waals surface area contributed by atoms with Gasteiger partial charge in [0.1, 0.15) is 5.75 Å². The minimum absolute atomic E-state index is 0.0341. The van der Waals surface area contributed by atoms with Gasteiger partial charge in [-0.3, -0.25) is 4.79 Å². The molecule has 0 saturated carbocycles. The van der Waals surface area contributed by atoms with E-state index in [1.807, 2.05) is 37.3 Å². The summed E-state index contributed by atoms with van der Waals surface area (Å²) in [6, 6.07) is 10.7. The highest BCUT2D eigenvalue weighted by molar-refractivity contribution is 5.72. The highest BCUT2D eigenvalue weighted by Gasteiger charge is 2.10. The van der Waals surface area contributed by atoms with Gasteiger partial charge < -0.3 is 10.1 Å². The summed E-state index contributed by atoms with van der Waals surface area (Å²) in [5, 5.41) is 9.84. The van der Waals surface area contributed by atoms with Crippen molar-refractivity contribution in [3.05, 3.63) is 52.4 Å². The highest BCUT2D eigenvalue weighted by Crippen LogP contribution is 2.30. The van der Waals surface area contributed by atoms with Gasteiger partial charge in [0.15, 0.2) is 0 Å². The Hall–Kier alpha value is -2.03. The molecule has 2 aromatic rings. The molecule has 0 fully saturated rings. The second kappa shape index (κ2) is 4.23. The van der Waals surface area contributed by atoms with Gasteiger partial charge in [-0.25, -0.2) is 0 Å². The summed E-state index contributed by atoms with van der Waals surface area (Å²) in [5.74, 6) is 0.0341. The molecule has 1 heterocycles. The van der Waals surface area contributed by atoms with E-state index < -0.39 is 0 Å². The maximum absolute atomic E-state index is 11.2. The summed E-state index contributed by atoms with van der Waals surface area (Å²) in [6.07, 6.45) is 0.674. The molecule has 0 spiro atoms. The van der Waals surface area contributed by atoms with Crippen LogP contribution in [-0.4, -0.2) is 10.1 Å². The number of aromatic amines is 1. The van der Waals surface area contributed by atoms with E-state index in [9.17, 15) is 9.90 Å². The fourth-order valence-electron chi connectivity index (χ4n) is 1.79. The van der Waals surface area contributed by atoms with E-state index in [0.29, 0.717) is 12.0 Å². The number of H-pyrrole nitrogens is 1. The normalized spacial score (nSPS) is 10.3. The van der Waals surface area contributed by atoms with E-state index >= 15 is 0 Å². The summed E-state index contributed by atoms with van der Waals surface area (Å²) in [5.41, 5.74) is 2.11. The van der Waals surface area contributed by atoms with E-state index in [1.54, 1.807) is 0 Å². The Balaban J connectivity index is 2.69. The molecule has 0 amide bonds. The van der Waals surface area contributed by atoms with E-state index in [-0.39, 0.29) is 11.3 Å². The molecule has 2 rings (SSSR count). The summed E-state index contributed by atoms with van der Waals surface area (Å²) in [7, 11) is 0. The fourth-order valence-corrected chi connectivity index (χ4v) is 1.79. The van der Waals surface area contributed by atoms with E-state index in [0.717, 1.165) is 11.3 Å². The lowest BCUT2D eigenvalue weighted by Crippen LogP contribution is -2.08. The first-order valence-corrected chi connectivity index (χ1v) is 5.23. The molecule has 0 radical (unpaired) electrons. The third-order valence-electron chi connectivity index (χ3n) is 2.52. The monoisotopic (exact) mass is 215 g/mol. The maximum atomic E-state index is 11.2. The average Bonchev–Trinajstić information content (AvgIpc) is 2.29. The molecule has 82 valence electrons. The average molecular weight is 215 g/mol. The quantitative estimate of drug-likeness (QED) is 0.807. The molecule has 0 bridgehead atoms. The molecule has 1 aromatic carbocycles. The largest absolute Gasteiger partial charge is 0.507 e. The minimum Gasteiger partial charge on any atom is -0.507 e. The fraction of sp³-hybridized carbons (Fsp3) is 0.154. The van der Waals surface area contributed by atoms with Gasteiger partial charge in [-0.15, -0.1) is 0 Å². The first kappa shape index (κ1) is 10.5. The third kappa shape index (κ3) is 1.84. The minimum atomic E-state index is -0.269. The van der Waals surface area contributed by atoms with Crippen molar-refractivity contribution in [3.8, 4) is 16.9 Å². The number of hydrogen-bond donors (Lipinski definition) is 2. The SMILES string of the molecule is CCc1[nH]c(=O)cc(O)c1-c1ccccc1. The Morgan fingerprint density at radius 1 is 1.25 bits per heavy atom. The molecule has 1 aromatic heterocycles. The zero-order valence-corrected chi connectivity index (χ0v) is 9.03. The van der Waals surface area contributed by atoms with Gasteiger partial charge in [0.05, 0.1) is 0 Å². The van der Waals surface area contributed by atoms with Gasteiger partial charge in [-0.05, 0) is 12.0 Å². The summed E-state index contributed by atoms with van der Waals surface area (Å²) >= 11 is 0. The van der Waals surface area contributed by atoms with Crippen molar-refractivity contribution < 1.29 is 5.11 Å². The number of aromatic hydroxyl groups is 1. The van der Waals surface area contributed by atoms with E-state index in [4.69, 9.17) is 0 Å². The van der Waals surface area contributed by atoms with Gasteiger partial charge in [0, 0.05) is 17.3 Å². The van der Waals surface area contributed by atoms with Crippen LogP contribution in [0, 0.1) is 0 Å². The van der Waals surface area contributed by atoms with Crippen LogP contribution in [0.4, 0.5) is 0 Å². The van der Waals surface area contributed by atoms with Crippen molar-refractivity contribution >= 4 is 0 Å². The number of aromatic nitrogens is 1. The molecule has 16 heavy (non-hydrogen) atoms. The second-order valence-corrected chi connectivity index (χ2v) is 3.59. The first-order valence-electron chi connectivity index (χ1n) is 5.23. The van der Waals surface area contributed by atoms with E-state index in [2.05, 4.69) is 4.98 Å². The molecule has 2 N–H and O–H groups in total. The predicted octanol–water partition coefficient (Wildman–Crippen LogP) is 2.31. The van der Waals surface area contributed by atoms with Crippen LogP contribution in [0.25, 0.3) is 11.1 Å². The van der Waals surface area contributed by atoms with Crippen molar-refractivity contribution in [2.75, 3.05) is 0 Å². The van der Waals surface area contributed by atoms with Gasteiger partial charge in [-0.2, -0.15) is 0 Å². The molecule has 0 unspecified atom stereocenters. The van der Waals surface area contributed by atoms with Gasteiger partial charge in [0.25, 0.3) is 5.56 Å². The lowest BCUT2D eigenvalue weighted by atomic mass is 10.0. The van der Waals surface area contributed by atoms with Crippen molar-refractivity contribution in [1.29, 1.82) is 0 Å². The van der Waals surface area contributed by atoms with Crippen LogP contribution in [0.5, 0.6) is 5.75 Å². The number of benzene rings is 1. The number of pyridine rings is 1. The second-order valence-electron chi connectivity index (χ2n) is 3.59. The van der Waals surface area contributed by atoms with Gasteiger partial charge in [-0.1, -0.05) is 37.3 Å². The van der Waals surface area contributed by atoms with E-state index in [1.165, 1.54) is 6.07 Å². The van der Waals surface area contributed by atoms with Gasteiger partial charge in [0.2, 0.25) is 0 Å².